The molecule has 1 aromatic rings. The summed E-state index contributed by atoms with van der Waals surface area (Å²) in [5.41, 5.74) is 0. The van der Waals surface area contributed by atoms with Gasteiger partial charge in [0.1, 0.15) is 5.75 Å². The molecule has 0 saturated carbocycles. The molecule has 1 aromatic carbocycles. The Morgan fingerprint density at radius 3 is 1.92 bits per heavy atom. The second-order valence-corrected chi connectivity index (χ2v) is 3.34. The molecule has 62 valence electrons. The molecule has 0 aliphatic heterocycles. The van der Waals surface area contributed by atoms with Gasteiger partial charge in [-0.3, -0.25) is 0 Å². The van der Waals surface area contributed by atoms with Crippen LogP contribution in [0.5, 0.6) is 5.75 Å². The van der Waals surface area contributed by atoms with Gasteiger partial charge in [0.15, 0.2) is 0 Å². The number of hydrogen-bond acceptors (Lipinski definition) is 4. The molecule has 0 bridgehead atoms. The fraction of sp³-hybridized carbons (Fsp3) is 0. The van der Waals surface area contributed by atoms with Gasteiger partial charge in [-0.15, -0.1) is 0 Å². The summed E-state index contributed by atoms with van der Waals surface area (Å²) >= 11 is 0. The second kappa shape index (κ2) is 5.48. The van der Waals surface area contributed by atoms with Gasteiger partial charge in [-0.05, 0) is 12.1 Å². The Labute approximate surface area is 114 Å². The summed E-state index contributed by atoms with van der Waals surface area (Å²) in [6.07, 6.45) is 0. The average Bonchev–Trinajstić information content (AvgIpc) is 1.85. The zero-order valence-electron chi connectivity index (χ0n) is 5.64. The van der Waals surface area contributed by atoms with E-state index in [2.05, 4.69) is 4.43 Å². The molecular weight excluding hydrogens is 203 g/mol. The van der Waals surface area contributed by atoms with Crippen molar-refractivity contribution < 1.29 is 18.8 Å². The third-order valence-corrected chi connectivity index (χ3v) is 1.51. The Bertz CT molecular complexity index is 223. The van der Waals surface area contributed by atoms with Crippen LogP contribution in [0.2, 0.25) is 0 Å². The Morgan fingerprint density at radius 1 is 1.00 bits per heavy atom. The van der Waals surface area contributed by atoms with E-state index in [1.165, 1.54) is 12.1 Å². The normalized spacial score (nSPS) is 10.2. The maximum atomic E-state index is 8.50. The van der Waals surface area contributed by atoms with Crippen molar-refractivity contribution in [2.75, 3.05) is 0 Å². The molecule has 0 saturated heterocycles. The Balaban J connectivity index is 0.00000121. The van der Waals surface area contributed by atoms with Crippen molar-refractivity contribution in [3.05, 3.63) is 30.3 Å². The van der Waals surface area contributed by atoms with E-state index in [4.69, 9.17) is 14.4 Å². The predicted molar refractivity (Wildman–Crippen MR) is 46.6 cm³/mol. The van der Waals surface area contributed by atoms with Crippen molar-refractivity contribution in [2.24, 2.45) is 0 Å². The molecule has 12 heavy (non-hydrogen) atoms. The molecule has 0 radical (unpaired) electrons. The van der Waals surface area contributed by atoms with E-state index < -0.39 is 9.05 Å². The van der Waals surface area contributed by atoms with Crippen molar-refractivity contribution in [3.63, 3.8) is 0 Å². The van der Waals surface area contributed by atoms with Gasteiger partial charge in [0.25, 0.3) is 0 Å². The molecule has 6 heteroatoms. The monoisotopic (exact) mass is 212 g/mol. The molecule has 1 rings (SSSR count). The number of rotatable bonds is 2. The molecule has 0 aliphatic carbocycles. The maximum absolute atomic E-state index is 8.50. The minimum absolute atomic E-state index is 0. The SMILES string of the molecule is O[Si](O)(O)Oc1ccccc1.[KH]. The van der Waals surface area contributed by atoms with E-state index in [0.29, 0.717) is 0 Å². The van der Waals surface area contributed by atoms with Crippen LogP contribution >= 0.6 is 0 Å². The van der Waals surface area contributed by atoms with Crippen molar-refractivity contribution in [2.45, 2.75) is 0 Å². The summed E-state index contributed by atoms with van der Waals surface area (Å²) in [7, 11) is -4.40. The zero-order valence-corrected chi connectivity index (χ0v) is 6.64. The van der Waals surface area contributed by atoms with Gasteiger partial charge < -0.3 is 18.8 Å². The molecule has 0 atom stereocenters. The van der Waals surface area contributed by atoms with Gasteiger partial charge in [0, 0.05) is 0 Å². The van der Waals surface area contributed by atoms with Crippen LogP contribution in [-0.4, -0.2) is 74.8 Å². The summed E-state index contributed by atoms with van der Waals surface area (Å²) in [5, 5.41) is 0. The second-order valence-electron chi connectivity index (χ2n) is 1.99. The van der Waals surface area contributed by atoms with E-state index in [1.54, 1.807) is 18.2 Å². The van der Waals surface area contributed by atoms with Crippen LogP contribution in [0.25, 0.3) is 0 Å². The standard InChI is InChI=1S/C6H8O4Si.K.H/c7-11(8,9)10-6-4-2-1-3-5-6;;/h1-5,7-9H;;. The van der Waals surface area contributed by atoms with E-state index in [0.717, 1.165) is 0 Å². The van der Waals surface area contributed by atoms with E-state index in [1.807, 2.05) is 0 Å². The summed E-state index contributed by atoms with van der Waals surface area (Å²) < 4.78 is 4.41. The van der Waals surface area contributed by atoms with Crippen molar-refractivity contribution in [3.8, 4) is 5.75 Å². The molecule has 0 heterocycles. The van der Waals surface area contributed by atoms with Crippen LogP contribution in [0.3, 0.4) is 0 Å². The average molecular weight is 212 g/mol. The molecule has 0 amide bonds. The first kappa shape index (κ1) is 12.8. The van der Waals surface area contributed by atoms with Crippen LogP contribution in [-0.2, 0) is 0 Å². The van der Waals surface area contributed by atoms with Crippen molar-refractivity contribution in [1.82, 2.24) is 0 Å². The molecule has 0 spiro atoms. The number of hydrogen-bond donors (Lipinski definition) is 3. The van der Waals surface area contributed by atoms with E-state index in [9.17, 15) is 0 Å². The first-order valence-corrected chi connectivity index (χ1v) is 4.74. The zero-order chi connectivity index (χ0) is 8.32. The summed E-state index contributed by atoms with van der Waals surface area (Å²) in [4.78, 5) is 25.5. The Hall–Kier alpha value is 0.753. The van der Waals surface area contributed by atoms with Gasteiger partial charge in [-0.25, -0.2) is 0 Å². The number of benzene rings is 1. The fourth-order valence-corrected chi connectivity index (χ4v) is 1.10. The Kier molecular flexibility index (Phi) is 5.82. The van der Waals surface area contributed by atoms with Crippen molar-refractivity contribution in [1.29, 1.82) is 0 Å². The van der Waals surface area contributed by atoms with Crippen LogP contribution in [0.1, 0.15) is 0 Å². The van der Waals surface area contributed by atoms with Gasteiger partial charge in [0.2, 0.25) is 0 Å². The quantitative estimate of drug-likeness (QED) is 0.540. The van der Waals surface area contributed by atoms with E-state index in [-0.39, 0.29) is 57.1 Å². The molecular formula is C6H9KO4Si. The van der Waals surface area contributed by atoms with Gasteiger partial charge >= 0.3 is 60.4 Å². The van der Waals surface area contributed by atoms with Crippen LogP contribution < -0.4 is 4.43 Å². The third-order valence-electron chi connectivity index (χ3n) is 0.998. The molecule has 0 aromatic heterocycles. The van der Waals surface area contributed by atoms with Crippen LogP contribution in [0.15, 0.2) is 30.3 Å². The predicted octanol–water partition coefficient (Wildman–Crippen LogP) is -1.17. The first-order chi connectivity index (χ1) is 5.08. The fourth-order valence-electron chi connectivity index (χ4n) is 0.647. The summed E-state index contributed by atoms with van der Waals surface area (Å²) in [6, 6.07) is 8.11. The summed E-state index contributed by atoms with van der Waals surface area (Å²) in [5.74, 6) is 0.242. The molecule has 4 nitrogen and oxygen atoms in total. The van der Waals surface area contributed by atoms with Gasteiger partial charge in [-0.2, -0.15) is 0 Å². The van der Waals surface area contributed by atoms with Crippen LogP contribution in [0.4, 0.5) is 0 Å². The van der Waals surface area contributed by atoms with E-state index >= 15 is 0 Å². The van der Waals surface area contributed by atoms with Gasteiger partial charge in [-0.1, -0.05) is 18.2 Å². The van der Waals surface area contributed by atoms with Crippen LogP contribution in [0, 0.1) is 0 Å². The first-order valence-electron chi connectivity index (χ1n) is 2.99. The number of para-hydroxylation sites is 1. The molecule has 0 aliphatic rings. The molecule has 3 N–H and O–H groups in total. The minimum atomic E-state index is -4.40. The van der Waals surface area contributed by atoms with Crippen molar-refractivity contribution >= 4 is 60.4 Å². The Morgan fingerprint density at radius 2 is 1.50 bits per heavy atom. The summed E-state index contributed by atoms with van der Waals surface area (Å²) in [6.45, 7) is 0. The third kappa shape index (κ3) is 5.41. The molecule has 0 unspecified atom stereocenters. The van der Waals surface area contributed by atoms with Gasteiger partial charge in [0.05, 0.1) is 0 Å². The topological polar surface area (TPSA) is 69.9 Å². The molecule has 0 fully saturated rings.